The molecule has 0 radical (unpaired) electrons. The summed E-state index contributed by atoms with van der Waals surface area (Å²) in [5, 5.41) is 5.18. The number of nitrogens with two attached hydrogens (primary N) is 1. The summed E-state index contributed by atoms with van der Waals surface area (Å²) in [6.07, 6.45) is 5.75. The molecule has 0 aromatic rings. The Morgan fingerprint density at radius 3 is 2.43 bits per heavy atom. The van der Waals surface area contributed by atoms with E-state index in [0.717, 1.165) is 12.8 Å². The smallest absolute Gasteiger partial charge is 0.325 e. The van der Waals surface area contributed by atoms with E-state index in [2.05, 4.69) is 10.6 Å². The molecule has 4 N–H and O–H groups in total. The molecule has 1 saturated carbocycles. The van der Waals surface area contributed by atoms with Crippen LogP contribution >= 0.6 is 12.4 Å². The fourth-order valence-corrected chi connectivity index (χ4v) is 3.27. The van der Waals surface area contributed by atoms with Crippen molar-refractivity contribution in [2.24, 2.45) is 11.7 Å². The molecule has 2 aliphatic rings. The van der Waals surface area contributed by atoms with Gasteiger partial charge in [0.15, 0.2) is 0 Å². The molecule has 2 rings (SSSR count). The maximum Gasteiger partial charge on any atom is 0.325 e. The third-order valence-corrected chi connectivity index (χ3v) is 4.82. The van der Waals surface area contributed by atoms with E-state index in [-0.39, 0.29) is 36.8 Å². The van der Waals surface area contributed by atoms with Gasteiger partial charge in [0.2, 0.25) is 5.91 Å². The summed E-state index contributed by atoms with van der Waals surface area (Å²) >= 11 is 0. The lowest BCUT2D eigenvalue weighted by Gasteiger charge is -2.32. The molecule has 1 unspecified atom stereocenters. The largest absolute Gasteiger partial charge is 0.350 e. The molecule has 0 spiro atoms. The first-order valence-electron chi connectivity index (χ1n) is 7.98. The minimum absolute atomic E-state index is 0. The Bertz CT molecular complexity index is 464. The van der Waals surface area contributed by atoms with Crippen molar-refractivity contribution in [1.82, 2.24) is 15.5 Å². The molecule has 4 amide bonds. The number of amides is 4. The van der Waals surface area contributed by atoms with Gasteiger partial charge in [0, 0.05) is 12.6 Å². The summed E-state index contributed by atoms with van der Waals surface area (Å²) in [7, 11) is 0. The van der Waals surface area contributed by atoms with Crippen LogP contribution in [0.3, 0.4) is 0 Å². The van der Waals surface area contributed by atoms with E-state index >= 15 is 0 Å². The molecule has 7 nitrogen and oxygen atoms in total. The quantitative estimate of drug-likeness (QED) is 0.639. The van der Waals surface area contributed by atoms with Crippen LogP contribution in [0.25, 0.3) is 0 Å². The predicted molar refractivity (Wildman–Crippen MR) is 89.1 cm³/mol. The molecule has 0 aromatic carbocycles. The third-order valence-electron chi connectivity index (χ3n) is 4.82. The Balaban J connectivity index is 0.00000264. The van der Waals surface area contributed by atoms with Crippen LogP contribution in [0.4, 0.5) is 4.79 Å². The zero-order valence-electron chi connectivity index (χ0n) is 13.8. The van der Waals surface area contributed by atoms with Gasteiger partial charge in [-0.15, -0.1) is 12.4 Å². The van der Waals surface area contributed by atoms with Crippen LogP contribution in [-0.2, 0) is 9.59 Å². The Labute approximate surface area is 143 Å². The second kappa shape index (κ2) is 7.97. The first kappa shape index (κ1) is 19.7. The van der Waals surface area contributed by atoms with Crippen LogP contribution in [0.5, 0.6) is 0 Å². The van der Waals surface area contributed by atoms with Crippen molar-refractivity contribution in [2.75, 3.05) is 13.1 Å². The number of hydrogen-bond donors (Lipinski definition) is 3. The molecule has 1 atom stereocenters. The average Bonchev–Trinajstić information content (AvgIpc) is 2.68. The summed E-state index contributed by atoms with van der Waals surface area (Å²) < 4.78 is 0. The van der Waals surface area contributed by atoms with E-state index in [1.807, 2.05) is 0 Å². The van der Waals surface area contributed by atoms with Crippen LogP contribution in [-0.4, -0.2) is 47.4 Å². The summed E-state index contributed by atoms with van der Waals surface area (Å²) in [4.78, 5) is 37.0. The first-order valence-corrected chi connectivity index (χ1v) is 7.98. The minimum Gasteiger partial charge on any atom is -0.350 e. The van der Waals surface area contributed by atoms with Gasteiger partial charge in [-0.05, 0) is 32.6 Å². The molecule has 2 fully saturated rings. The molecule has 1 aliphatic heterocycles. The zero-order valence-corrected chi connectivity index (χ0v) is 14.6. The lowest BCUT2D eigenvalue weighted by atomic mass is 9.84. The molecular weight excluding hydrogens is 320 g/mol. The fraction of sp³-hybridized carbons (Fsp3) is 0.800. The van der Waals surface area contributed by atoms with Crippen molar-refractivity contribution >= 4 is 30.3 Å². The summed E-state index contributed by atoms with van der Waals surface area (Å²) in [5.41, 5.74) is 4.80. The van der Waals surface area contributed by atoms with E-state index in [9.17, 15) is 14.4 Å². The van der Waals surface area contributed by atoms with Crippen LogP contribution in [0.15, 0.2) is 0 Å². The minimum atomic E-state index is -1.00. The van der Waals surface area contributed by atoms with Crippen LogP contribution in [0.2, 0.25) is 0 Å². The van der Waals surface area contributed by atoms with Crippen molar-refractivity contribution in [3.63, 3.8) is 0 Å². The van der Waals surface area contributed by atoms with Gasteiger partial charge in [-0.2, -0.15) is 0 Å². The Hall–Kier alpha value is -1.34. The van der Waals surface area contributed by atoms with E-state index in [1.165, 1.54) is 24.2 Å². The monoisotopic (exact) mass is 346 g/mol. The van der Waals surface area contributed by atoms with Gasteiger partial charge in [-0.25, -0.2) is 4.79 Å². The lowest BCUT2D eigenvalue weighted by molar-refractivity contribution is -0.127. The highest BCUT2D eigenvalue weighted by atomic mass is 35.5. The highest BCUT2D eigenvalue weighted by molar-refractivity contribution is 6.07. The first-order chi connectivity index (χ1) is 10.4. The van der Waals surface area contributed by atoms with E-state index in [0.29, 0.717) is 12.5 Å². The Morgan fingerprint density at radius 1 is 1.35 bits per heavy atom. The number of carbonyl (C=O) groups is 3. The third kappa shape index (κ3) is 4.35. The van der Waals surface area contributed by atoms with Gasteiger partial charge >= 0.3 is 6.03 Å². The zero-order chi connectivity index (χ0) is 16.3. The summed E-state index contributed by atoms with van der Waals surface area (Å²) in [5.74, 6) is -0.239. The molecule has 0 aromatic heterocycles. The second-order valence-corrected chi connectivity index (χ2v) is 6.71. The maximum absolute atomic E-state index is 12.3. The Morgan fingerprint density at radius 2 is 1.96 bits per heavy atom. The normalized spacial score (nSPS) is 22.3. The number of halogens is 1. The molecule has 0 bridgehead atoms. The van der Waals surface area contributed by atoms with Gasteiger partial charge in [-0.3, -0.25) is 14.9 Å². The molecule has 132 valence electrons. The van der Waals surface area contributed by atoms with Crippen molar-refractivity contribution in [3.8, 4) is 0 Å². The Kier molecular flexibility index (Phi) is 6.83. The standard InChI is InChI=1S/C15H26N4O3.ClH/c1-15(2)13(21)18-14(22)19(15)9-12(20)17-11(8-16)10-6-4-3-5-7-10;/h10-11H,3-9,16H2,1-2H3,(H,17,20)(H,18,21,22);1H. The van der Waals surface area contributed by atoms with Crippen LogP contribution in [0, 0.1) is 5.92 Å². The van der Waals surface area contributed by atoms with Crippen molar-refractivity contribution in [2.45, 2.75) is 57.5 Å². The number of imide groups is 1. The van der Waals surface area contributed by atoms with Crippen molar-refractivity contribution < 1.29 is 14.4 Å². The number of hydrogen-bond acceptors (Lipinski definition) is 4. The molecular formula is C15H27ClN4O3. The summed E-state index contributed by atoms with van der Waals surface area (Å²) in [6, 6.07) is -0.579. The molecule has 1 heterocycles. The summed E-state index contributed by atoms with van der Waals surface area (Å²) in [6.45, 7) is 3.52. The van der Waals surface area contributed by atoms with Gasteiger partial charge < -0.3 is 16.0 Å². The van der Waals surface area contributed by atoms with Crippen LogP contribution < -0.4 is 16.4 Å². The van der Waals surface area contributed by atoms with Gasteiger partial charge in [-0.1, -0.05) is 19.3 Å². The maximum atomic E-state index is 12.3. The second-order valence-electron chi connectivity index (χ2n) is 6.71. The predicted octanol–water partition coefficient (Wildman–Crippen LogP) is 0.762. The number of nitrogens with one attached hydrogen (secondary N) is 2. The number of carbonyl (C=O) groups excluding carboxylic acids is 3. The number of rotatable bonds is 5. The van der Waals surface area contributed by atoms with E-state index in [4.69, 9.17) is 5.73 Å². The van der Waals surface area contributed by atoms with E-state index in [1.54, 1.807) is 13.8 Å². The van der Waals surface area contributed by atoms with Crippen molar-refractivity contribution in [3.05, 3.63) is 0 Å². The molecule has 1 saturated heterocycles. The van der Waals surface area contributed by atoms with Gasteiger partial charge in [0.25, 0.3) is 5.91 Å². The number of urea groups is 1. The average molecular weight is 347 g/mol. The highest BCUT2D eigenvalue weighted by Crippen LogP contribution is 2.26. The SMILES string of the molecule is CC1(C)C(=O)NC(=O)N1CC(=O)NC(CN)C1CCCCC1.Cl. The molecule has 23 heavy (non-hydrogen) atoms. The van der Waals surface area contributed by atoms with Gasteiger partial charge in [0.1, 0.15) is 12.1 Å². The molecule has 1 aliphatic carbocycles. The van der Waals surface area contributed by atoms with Crippen LogP contribution in [0.1, 0.15) is 46.0 Å². The fourth-order valence-electron chi connectivity index (χ4n) is 3.27. The van der Waals surface area contributed by atoms with E-state index < -0.39 is 11.6 Å². The highest BCUT2D eigenvalue weighted by Gasteiger charge is 2.46. The topological polar surface area (TPSA) is 105 Å². The van der Waals surface area contributed by atoms with Gasteiger partial charge in [0.05, 0.1) is 0 Å². The number of nitrogens with zero attached hydrogens (tertiary/aromatic N) is 1. The lowest BCUT2D eigenvalue weighted by Crippen LogP contribution is -2.53. The van der Waals surface area contributed by atoms with Crippen molar-refractivity contribution in [1.29, 1.82) is 0 Å². The molecule has 8 heteroatoms.